The lowest BCUT2D eigenvalue weighted by molar-refractivity contribution is 1.07. The normalized spacial score (nSPS) is 11.4. The van der Waals surface area contributed by atoms with E-state index in [9.17, 15) is 0 Å². The molecule has 0 aliphatic rings. The van der Waals surface area contributed by atoms with Crippen LogP contribution < -0.4 is 0 Å². The number of para-hydroxylation sites is 1. The van der Waals surface area contributed by atoms with Crippen molar-refractivity contribution in [3.63, 3.8) is 0 Å². The van der Waals surface area contributed by atoms with Crippen molar-refractivity contribution in [1.82, 2.24) is 19.5 Å². The number of benzene rings is 8. The van der Waals surface area contributed by atoms with Gasteiger partial charge in [0.1, 0.15) is 0 Å². The first-order chi connectivity index (χ1) is 26.3. The molecule has 10 aromatic rings. The molecule has 2 heterocycles. The molecule has 10 rings (SSSR count). The Labute approximate surface area is 307 Å². The molecule has 4 heteroatoms. The second-order valence-corrected chi connectivity index (χ2v) is 13.3. The van der Waals surface area contributed by atoms with E-state index in [1.54, 1.807) is 0 Å². The van der Waals surface area contributed by atoms with E-state index in [0.29, 0.717) is 17.5 Å². The monoisotopic (exact) mass is 676 g/mol. The summed E-state index contributed by atoms with van der Waals surface area (Å²) in [7, 11) is 0. The van der Waals surface area contributed by atoms with Gasteiger partial charge in [-0.05, 0) is 51.9 Å². The zero-order valence-corrected chi connectivity index (χ0v) is 28.8. The fourth-order valence-electron chi connectivity index (χ4n) is 7.43. The second-order valence-electron chi connectivity index (χ2n) is 13.3. The molecule has 0 aliphatic carbocycles. The molecule has 8 aromatic carbocycles. The molecule has 0 spiro atoms. The maximum absolute atomic E-state index is 5.02. The predicted molar refractivity (Wildman–Crippen MR) is 219 cm³/mol. The van der Waals surface area contributed by atoms with Gasteiger partial charge in [0, 0.05) is 38.5 Å². The molecule has 0 radical (unpaired) electrons. The van der Waals surface area contributed by atoms with Crippen molar-refractivity contribution in [2.75, 3.05) is 0 Å². The van der Waals surface area contributed by atoms with E-state index in [-0.39, 0.29) is 0 Å². The first-order valence-corrected chi connectivity index (χ1v) is 17.9. The summed E-state index contributed by atoms with van der Waals surface area (Å²) in [6.07, 6.45) is 0. The van der Waals surface area contributed by atoms with E-state index in [1.165, 1.54) is 32.6 Å². The first kappa shape index (κ1) is 30.6. The van der Waals surface area contributed by atoms with Crippen LogP contribution in [0.1, 0.15) is 0 Å². The zero-order valence-electron chi connectivity index (χ0n) is 28.8. The molecule has 53 heavy (non-hydrogen) atoms. The molecular weight excluding hydrogens is 645 g/mol. The van der Waals surface area contributed by atoms with Gasteiger partial charge in [0.15, 0.2) is 17.5 Å². The molecule has 0 bridgehead atoms. The Hall–Kier alpha value is -7.17. The summed E-state index contributed by atoms with van der Waals surface area (Å²) in [6, 6.07) is 68.1. The summed E-state index contributed by atoms with van der Waals surface area (Å²) in [5, 5.41) is 5.01. The van der Waals surface area contributed by atoms with E-state index in [1.807, 2.05) is 36.4 Å². The number of hydrogen-bond donors (Lipinski definition) is 0. The molecule has 0 fully saturated rings. The Morgan fingerprint density at radius 2 is 0.792 bits per heavy atom. The van der Waals surface area contributed by atoms with E-state index >= 15 is 0 Å². The molecule has 0 aliphatic heterocycles. The van der Waals surface area contributed by atoms with Gasteiger partial charge in [-0.15, -0.1) is 0 Å². The summed E-state index contributed by atoms with van der Waals surface area (Å²) in [6.45, 7) is 0. The van der Waals surface area contributed by atoms with Crippen molar-refractivity contribution in [1.29, 1.82) is 0 Å². The third-order valence-electron chi connectivity index (χ3n) is 10.1. The van der Waals surface area contributed by atoms with Crippen LogP contribution in [-0.4, -0.2) is 19.5 Å². The number of nitrogens with zero attached hydrogens (tertiary/aromatic N) is 4. The van der Waals surface area contributed by atoms with E-state index in [2.05, 4.69) is 162 Å². The van der Waals surface area contributed by atoms with E-state index < -0.39 is 0 Å². The minimum Gasteiger partial charge on any atom is -0.309 e. The lowest BCUT2D eigenvalue weighted by Gasteiger charge is -2.12. The molecular formula is C49H32N4. The Morgan fingerprint density at radius 1 is 0.302 bits per heavy atom. The molecule has 0 saturated carbocycles. The van der Waals surface area contributed by atoms with E-state index in [4.69, 9.17) is 15.0 Å². The molecule has 0 atom stereocenters. The maximum Gasteiger partial charge on any atom is 0.164 e. The molecule has 0 amide bonds. The van der Waals surface area contributed by atoms with Crippen molar-refractivity contribution in [3.8, 4) is 62.1 Å². The van der Waals surface area contributed by atoms with Gasteiger partial charge in [-0.1, -0.05) is 170 Å². The van der Waals surface area contributed by atoms with Crippen molar-refractivity contribution in [2.24, 2.45) is 0 Å². The number of hydrogen-bond acceptors (Lipinski definition) is 3. The lowest BCUT2D eigenvalue weighted by atomic mass is 10.0. The van der Waals surface area contributed by atoms with Crippen LogP contribution in [0.5, 0.6) is 0 Å². The van der Waals surface area contributed by atoms with Crippen molar-refractivity contribution in [3.05, 3.63) is 194 Å². The molecule has 0 unspecified atom stereocenters. The highest BCUT2D eigenvalue weighted by Crippen LogP contribution is 2.37. The van der Waals surface area contributed by atoms with Crippen LogP contribution in [0.4, 0.5) is 0 Å². The highest BCUT2D eigenvalue weighted by atomic mass is 15.0. The van der Waals surface area contributed by atoms with Gasteiger partial charge < -0.3 is 4.57 Å². The summed E-state index contributed by atoms with van der Waals surface area (Å²) < 4.78 is 2.40. The zero-order chi connectivity index (χ0) is 35.1. The predicted octanol–water partition coefficient (Wildman–Crippen LogP) is 12.5. The quantitative estimate of drug-likeness (QED) is 0.176. The van der Waals surface area contributed by atoms with Crippen LogP contribution in [0.2, 0.25) is 0 Å². The highest BCUT2D eigenvalue weighted by molar-refractivity contribution is 6.18. The van der Waals surface area contributed by atoms with E-state index in [0.717, 1.165) is 44.6 Å². The van der Waals surface area contributed by atoms with Gasteiger partial charge in [-0.2, -0.15) is 0 Å². The van der Waals surface area contributed by atoms with Crippen LogP contribution >= 0.6 is 0 Å². The largest absolute Gasteiger partial charge is 0.309 e. The molecule has 4 nitrogen and oxygen atoms in total. The summed E-state index contributed by atoms with van der Waals surface area (Å²) in [5.41, 5.74) is 10.9. The Bertz CT molecular complexity index is 2910. The van der Waals surface area contributed by atoms with Gasteiger partial charge in [0.2, 0.25) is 0 Å². The van der Waals surface area contributed by atoms with Crippen molar-refractivity contribution < 1.29 is 0 Å². The number of rotatable bonds is 6. The van der Waals surface area contributed by atoms with Crippen LogP contribution in [0.3, 0.4) is 0 Å². The maximum atomic E-state index is 5.02. The minimum absolute atomic E-state index is 0.638. The Kier molecular flexibility index (Phi) is 7.43. The molecule has 2 aromatic heterocycles. The van der Waals surface area contributed by atoms with Gasteiger partial charge in [0.25, 0.3) is 0 Å². The third kappa shape index (κ3) is 5.54. The van der Waals surface area contributed by atoms with Crippen molar-refractivity contribution in [2.45, 2.75) is 0 Å². The second kappa shape index (κ2) is 12.9. The van der Waals surface area contributed by atoms with Crippen molar-refractivity contribution >= 4 is 32.6 Å². The Balaban J connectivity index is 1.02. The van der Waals surface area contributed by atoms with Gasteiger partial charge in [-0.25, -0.2) is 15.0 Å². The van der Waals surface area contributed by atoms with Crippen LogP contribution in [0.15, 0.2) is 194 Å². The Morgan fingerprint density at radius 3 is 1.51 bits per heavy atom. The molecule has 0 saturated heterocycles. The average Bonchev–Trinajstić information content (AvgIpc) is 3.59. The fraction of sp³-hybridized carbons (Fsp3) is 0. The number of aromatic nitrogens is 4. The average molecular weight is 677 g/mol. The fourth-order valence-corrected chi connectivity index (χ4v) is 7.43. The van der Waals surface area contributed by atoms with Crippen LogP contribution in [-0.2, 0) is 0 Å². The van der Waals surface area contributed by atoms with Gasteiger partial charge >= 0.3 is 0 Å². The molecule has 248 valence electrons. The lowest BCUT2D eigenvalue weighted by Crippen LogP contribution is -2.00. The SMILES string of the molecule is c1ccc(-c2cccc(-c3nc(-c4ccccc4)nc(-c4ccc(-c5ccc(-n6c7ccccc7c7ccc8ccccc8c76)cc5)cc4)n3)c2)cc1. The highest BCUT2D eigenvalue weighted by Gasteiger charge is 2.16. The topological polar surface area (TPSA) is 43.6 Å². The van der Waals surface area contributed by atoms with Gasteiger partial charge in [0.05, 0.1) is 11.0 Å². The minimum atomic E-state index is 0.638. The summed E-state index contributed by atoms with van der Waals surface area (Å²) in [5.74, 6) is 1.93. The standard InChI is InChI=1S/C49H32N4/c1-3-12-33(13-4-1)39-17-11-18-40(32-39)49-51-47(37-15-5-2-6-16-37)50-48(52-49)38-24-22-34(23-25-38)35-26-29-41(30-27-35)53-45-21-10-9-20-43(45)44-31-28-36-14-7-8-19-42(36)46(44)53/h1-32H. The van der Waals surface area contributed by atoms with Crippen LogP contribution in [0.25, 0.3) is 94.7 Å². The smallest absolute Gasteiger partial charge is 0.164 e. The summed E-state index contributed by atoms with van der Waals surface area (Å²) >= 11 is 0. The van der Waals surface area contributed by atoms with Crippen LogP contribution in [0, 0.1) is 0 Å². The summed E-state index contributed by atoms with van der Waals surface area (Å²) in [4.78, 5) is 15.0. The third-order valence-corrected chi connectivity index (χ3v) is 10.1. The molecule has 0 N–H and O–H groups in total. The number of fused-ring (bicyclic) bond motifs is 5. The first-order valence-electron chi connectivity index (χ1n) is 17.9. The van der Waals surface area contributed by atoms with Gasteiger partial charge in [-0.3, -0.25) is 0 Å².